The predicted octanol–water partition coefficient (Wildman–Crippen LogP) is 2.51. The summed E-state index contributed by atoms with van der Waals surface area (Å²) in [6.07, 6.45) is 10.7. The van der Waals surface area contributed by atoms with Gasteiger partial charge in [-0.05, 0) is 66.8 Å². The summed E-state index contributed by atoms with van der Waals surface area (Å²) in [5.74, 6) is -0.237. The van der Waals surface area contributed by atoms with E-state index < -0.39 is 11.6 Å². The van der Waals surface area contributed by atoms with Crippen molar-refractivity contribution >= 4 is 29.4 Å². The number of aromatic nitrogens is 2. The first kappa shape index (κ1) is 28.2. The number of nitrogens with one attached hydrogen (secondary N) is 4. The second-order valence-corrected chi connectivity index (χ2v) is 12.5. The topological polar surface area (TPSA) is 137 Å². The molecular weight excluding hydrogens is 534 g/mol. The summed E-state index contributed by atoms with van der Waals surface area (Å²) in [7, 11) is 3.31. The highest BCUT2D eigenvalue weighted by Gasteiger charge is 2.54. The van der Waals surface area contributed by atoms with E-state index in [1.807, 2.05) is 18.2 Å². The number of benzene rings is 1. The highest BCUT2D eigenvalue weighted by atomic mass is 16.2. The van der Waals surface area contributed by atoms with Crippen LogP contribution in [0, 0.1) is 11.8 Å². The number of carbonyl (C=O) groups excluding carboxylic acids is 4. The normalized spacial score (nSPS) is 24.9. The first-order valence-corrected chi connectivity index (χ1v) is 15.3. The van der Waals surface area contributed by atoms with E-state index in [1.54, 1.807) is 31.3 Å². The number of amides is 5. The van der Waals surface area contributed by atoms with Crippen molar-refractivity contribution < 1.29 is 19.2 Å². The molecule has 1 saturated heterocycles. The molecule has 0 radical (unpaired) electrons. The van der Waals surface area contributed by atoms with Gasteiger partial charge >= 0.3 is 6.03 Å². The van der Waals surface area contributed by atoms with Crippen molar-refractivity contribution in [2.24, 2.45) is 18.9 Å². The Labute approximate surface area is 246 Å². The highest BCUT2D eigenvalue weighted by molar-refractivity contribution is 6.01. The molecule has 3 atom stereocenters. The van der Waals surface area contributed by atoms with E-state index in [-0.39, 0.29) is 35.7 Å². The summed E-state index contributed by atoms with van der Waals surface area (Å²) in [5, 5.41) is 16.1. The van der Waals surface area contributed by atoms with E-state index in [9.17, 15) is 19.2 Å². The minimum absolute atomic E-state index is 0.0450. The van der Waals surface area contributed by atoms with Gasteiger partial charge in [-0.15, -0.1) is 0 Å². The Morgan fingerprint density at radius 3 is 2.45 bits per heavy atom. The maximum absolute atomic E-state index is 13.7. The van der Waals surface area contributed by atoms with Gasteiger partial charge in [-0.1, -0.05) is 31.7 Å². The average Bonchev–Trinajstić information content (AvgIpc) is 3.67. The number of aryl methyl sites for hydroxylation is 1. The van der Waals surface area contributed by atoms with Crippen molar-refractivity contribution in [3.8, 4) is 0 Å². The molecule has 2 saturated carbocycles. The van der Waals surface area contributed by atoms with Crippen molar-refractivity contribution in [1.82, 2.24) is 30.6 Å². The predicted molar refractivity (Wildman–Crippen MR) is 157 cm³/mol. The molecule has 3 aliphatic carbocycles. The highest BCUT2D eigenvalue weighted by Crippen LogP contribution is 2.40. The van der Waals surface area contributed by atoms with Crippen LogP contribution in [0.4, 0.5) is 10.5 Å². The van der Waals surface area contributed by atoms with Crippen molar-refractivity contribution in [3.63, 3.8) is 0 Å². The molecule has 0 spiro atoms. The standard InChI is InChI=1S/C31H41N7O4/c1-32-29(41)31(38-18-24(35-30(38)42)19-9-6-10-19)16-21-11-12-23(15-22(21)17-31)34-28(40)26(20-7-4-3-5-8-20)36-27(39)25-13-14-33-37(25)2/h11-15,19-20,24,26H,3-10,16-18H2,1-2H3,(H,32,41)(H,34,40)(H,35,42)(H,36,39)/t24?,26-,31?/m0/s1. The van der Waals surface area contributed by atoms with Gasteiger partial charge in [0.15, 0.2) is 0 Å². The molecule has 3 fully saturated rings. The smallest absolute Gasteiger partial charge is 0.318 e. The molecule has 2 aromatic rings. The quantitative estimate of drug-likeness (QED) is 0.383. The summed E-state index contributed by atoms with van der Waals surface area (Å²) >= 11 is 0. The van der Waals surface area contributed by atoms with Crippen LogP contribution in [0.5, 0.6) is 0 Å². The van der Waals surface area contributed by atoms with Crippen LogP contribution < -0.4 is 21.3 Å². The van der Waals surface area contributed by atoms with Gasteiger partial charge in [-0.25, -0.2) is 4.79 Å². The Balaban J connectivity index is 1.20. The lowest BCUT2D eigenvalue weighted by Crippen LogP contribution is -2.60. The number of likely N-dealkylation sites (N-methyl/N-ethyl adjacent to an activating group) is 1. The number of hydrogen-bond acceptors (Lipinski definition) is 5. The van der Waals surface area contributed by atoms with Gasteiger partial charge in [0.25, 0.3) is 5.91 Å². The molecule has 2 heterocycles. The van der Waals surface area contributed by atoms with E-state index in [2.05, 4.69) is 26.4 Å². The average molecular weight is 576 g/mol. The molecule has 1 aliphatic heterocycles. The van der Waals surface area contributed by atoms with Crippen molar-refractivity contribution in [1.29, 1.82) is 0 Å². The monoisotopic (exact) mass is 575 g/mol. The van der Waals surface area contributed by atoms with Crippen molar-refractivity contribution in [2.45, 2.75) is 81.8 Å². The number of fused-ring (bicyclic) bond motifs is 1. The van der Waals surface area contributed by atoms with E-state index in [0.717, 1.165) is 56.1 Å². The molecule has 1 aromatic heterocycles. The zero-order chi connectivity index (χ0) is 29.4. The van der Waals surface area contributed by atoms with Gasteiger partial charge in [-0.3, -0.25) is 19.1 Å². The van der Waals surface area contributed by atoms with Crippen molar-refractivity contribution in [3.05, 3.63) is 47.3 Å². The Morgan fingerprint density at radius 1 is 1.02 bits per heavy atom. The fourth-order valence-corrected chi connectivity index (χ4v) is 7.38. The summed E-state index contributed by atoms with van der Waals surface area (Å²) in [5.41, 5.74) is 1.93. The van der Waals surface area contributed by atoms with Crippen LogP contribution in [-0.2, 0) is 29.5 Å². The molecule has 1 aromatic carbocycles. The van der Waals surface area contributed by atoms with Crippen LogP contribution in [-0.4, -0.2) is 69.6 Å². The molecule has 2 unspecified atom stereocenters. The second-order valence-electron chi connectivity index (χ2n) is 12.5. The summed E-state index contributed by atoms with van der Waals surface area (Å²) < 4.78 is 1.50. The number of urea groups is 1. The molecule has 224 valence electrons. The molecule has 5 amide bonds. The Morgan fingerprint density at radius 2 is 1.79 bits per heavy atom. The van der Waals surface area contributed by atoms with Crippen LogP contribution in [0.15, 0.2) is 30.5 Å². The maximum Gasteiger partial charge on any atom is 0.318 e. The molecule has 11 nitrogen and oxygen atoms in total. The lowest BCUT2D eigenvalue weighted by Gasteiger charge is -2.37. The zero-order valence-corrected chi connectivity index (χ0v) is 24.4. The fourth-order valence-electron chi connectivity index (χ4n) is 7.38. The minimum atomic E-state index is -1.01. The fraction of sp³-hybridized carbons (Fsp3) is 0.581. The van der Waals surface area contributed by atoms with Crippen LogP contribution in [0.25, 0.3) is 0 Å². The Hall–Kier alpha value is -3.89. The molecule has 0 bridgehead atoms. The summed E-state index contributed by atoms with van der Waals surface area (Å²) in [6.45, 7) is 0.522. The molecule has 6 rings (SSSR count). The van der Waals surface area contributed by atoms with Gasteiger partial charge in [0, 0.05) is 45.4 Å². The SMILES string of the molecule is CNC(=O)C1(N2CC(C3CCC3)NC2=O)Cc2ccc(NC(=O)[C@@H](NC(=O)c3ccnn3C)C3CCCCC3)cc2C1. The second kappa shape index (κ2) is 11.4. The third-order valence-electron chi connectivity index (χ3n) is 10.0. The van der Waals surface area contributed by atoms with E-state index >= 15 is 0 Å². The molecule has 4 N–H and O–H groups in total. The summed E-state index contributed by atoms with van der Waals surface area (Å²) in [6, 6.07) is 6.55. The molecule has 42 heavy (non-hydrogen) atoms. The largest absolute Gasteiger partial charge is 0.357 e. The van der Waals surface area contributed by atoms with Gasteiger partial charge in [-0.2, -0.15) is 5.10 Å². The summed E-state index contributed by atoms with van der Waals surface area (Å²) in [4.78, 5) is 55.1. The van der Waals surface area contributed by atoms with E-state index in [0.29, 0.717) is 36.7 Å². The number of nitrogens with zero attached hydrogens (tertiary/aromatic N) is 3. The van der Waals surface area contributed by atoms with Gasteiger partial charge in [0.05, 0.1) is 6.04 Å². The third kappa shape index (κ3) is 5.13. The Kier molecular flexibility index (Phi) is 7.67. The zero-order valence-electron chi connectivity index (χ0n) is 24.4. The minimum Gasteiger partial charge on any atom is -0.357 e. The van der Waals surface area contributed by atoms with E-state index in [1.165, 1.54) is 11.1 Å². The number of hydrogen-bond donors (Lipinski definition) is 4. The van der Waals surface area contributed by atoms with Crippen molar-refractivity contribution in [2.75, 3.05) is 18.9 Å². The number of carbonyl (C=O) groups is 4. The molecular formula is C31H41N7O4. The van der Waals surface area contributed by atoms with Crippen LogP contribution in [0.2, 0.25) is 0 Å². The maximum atomic E-state index is 13.7. The van der Waals surface area contributed by atoms with Crippen LogP contribution in [0.3, 0.4) is 0 Å². The van der Waals surface area contributed by atoms with Gasteiger partial charge in [0.2, 0.25) is 11.8 Å². The number of rotatable bonds is 8. The van der Waals surface area contributed by atoms with Gasteiger partial charge in [0.1, 0.15) is 17.3 Å². The molecule has 11 heteroatoms. The Bertz CT molecular complexity index is 1380. The first-order valence-electron chi connectivity index (χ1n) is 15.3. The van der Waals surface area contributed by atoms with Gasteiger partial charge < -0.3 is 26.2 Å². The van der Waals surface area contributed by atoms with Crippen LogP contribution in [0.1, 0.15) is 73.0 Å². The van der Waals surface area contributed by atoms with E-state index in [4.69, 9.17) is 0 Å². The first-order chi connectivity index (χ1) is 20.3. The lowest BCUT2D eigenvalue weighted by molar-refractivity contribution is -0.130. The number of anilines is 1. The molecule has 4 aliphatic rings. The third-order valence-corrected chi connectivity index (χ3v) is 10.0. The van der Waals surface area contributed by atoms with Crippen LogP contribution >= 0.6 is 0 Å². The lowest BCUT2D eigenvalue weighted by atomic mass is 9.79.